The summed E-state index contributed by atoms with van der Waals surface area (Å²) >= 11 is 0. The average Bonchev–Trinajstić information content (AvgIpc) is 2.85. The highest BCUT2D eigenvalue weighted by molar-refractivity contribution is 5.85. The first kappa shape index (κ1) is 23.4. The van der Waals surface area contributed by atoms with Crippen molar-refractivity contribution in [3.63, 3.8) is 0 Å². The van der Waals surface area contributed by atoms with E-state index in [4.69, 9.17) is 0 Å². The largest absolute Gasteiger partial charge is 0.348 e. The number of hydrogen-bond donors (Lipinski definition) is 0. The zero-order valence-electron chi connectivity index (χ0n) is 20.0. The molecular formula is C27H36N4O2. The molecule has 4 rings (SSSR count). The normalized spacial score (nSPS) is 21.6. The minimum Gasteiger partial charge on any atom is -0.348 e. The first-order chi connectivity index (χ1) is 16.0. The number of nitrogens with zero attached hydrogens (tertiary/aromatic N) is 4. The molecule has 0 spiro atoms. The minimum absolute atomic E-state index is 0.108. The van der Waals surface area contributed by atoms with Crippen LogP contribution in [0.15, 0.2) is 43.0 Å². The van der Waals surface area contributed by atoms with Crippen molar-refractivity contribution < 1.29 is 9.59 Å². The topological polar surface area (TPSA) is 66.4 Å². The number of carbonyl (C=O) groups is 2. The summed E-state index contributed by atoms with van der Waals surface area (Å²) in [6.45, 7) is 1.25. The lowest BCUT2D eigenvalue weighted by molar-refractivity contribution is -0.147. The smallest absolute Gasteiger partial charge is 0.230 e. The highest BCUT2D eigenvalue weighted by Crippen LogP contribution is 2.38. The maximum Gasteiger partial charge on any atom is 0.230 e. The quantitative estimate of drug-likeness (QED) is 0.659. The molecule has 1 aliphatic heterocycles. The summed E-state index contributed by atoms with van der Waals surface area (Å²) in [5, 5.41) is 0. The van der Waals surface area contributed by atoms with Gasteiger partial charge in [-0.05, 0) is 49.1 Å². The Kier molecular flexibility index (Phi) is 7.41. The zero-order valence-corrected chi connectivity index (χ0v) is 20.0. The van der Waals surface area contributed by atoms with Crippen molar-refractivity contribution in [3.05, 3.63) is 48.5 Å². The lowest BCUT2D eigenvalue weighted by Crippen LogP contribution is -2.54. The fraction of sp³-hybridized carbons (Fsp3) is 0.556. The molecular weight excluding hydrogens is 412 g/mol. The maximum atomic E-state index is 13.6. The molecule has 2 amide bonds. The molecule has 0 radical (unpaired) electrons. The van der Waals surface area contributed by atoms with Crippen LogP contribution in [0.5, 0.6) is 0 Å². The van der Waals surface area contributed by atoms with Crippen LogP contribution in [-0.2, 0) is 16.0 Å². The van der Waals surface area contributed by atoms with Gasteiger partial charge in [0.25, 0.3) is 0 Å². The predicted octanol–water partition coefficient (Wildman–Crippen LogP) is 4.35. The van der Waals surface area contributed by atoms with E-state index in [1.54, 1.807) is 4.90 Å². The van der Waals surface area contributed by atoms with E-state index in [1.165, 1.54) is 25.6 Å². The highest BCUT2D eigenvalue weighted by atomic mass is 16.2. The second-order valence-electron chi connectivity index (χ2n) is 10.1. The van der Waals surface area contributed by atoms with E-state index in [2.05, 4.69) is 22.1 Å². The van der Waals surface area contributed by atoms with Crippen molar-refractivity contribution >= 4 is 11.8 Å². The van der Waals surface area contributed by atoms with Crippen LogP contribution in [0.25, 0.3) is 11.1 Å². The number of benzene rings is 1. The first-order valence-electron chi connectivity index (χ1n) is 12.3. The van der Waals surface area contributed by atoms with Crippen LogP contribution in [0.1, 0.15) is 56.9 Å². The van der Waals surface area contributed by atoms with Crippen molar-refractivity contribution in [2.45, 2.75) is 57.8 Å². The molecule has 1 aromatic heterocycles. The monoisotopic (exact) mass is 448 g/mol. The van der Waals surface area contributed by atoms with Gasteiger partial charge in [-0.3, -0.25) is 9.59 Å². The second-order valence-corrected chi connectivity index (χ2v) is 10.1. The van der Waals surface area contributed by atoms with Gasteiger partial charge in [0.05, 0.1) is 5.41 Å². The fourth-order valence-corrected chi connectivity index (χ4v) is 5.74. The van der Waals surface area contributed by atoms with Crippen LogP contribution >= 0.6 is 0 Å². The molecule has 1 unspecified atom stereocenters. The number of hydrogen-bond acceptors (Lipinski definition) is 4. The summed E-state index contributed by atoms with van der Waals surface area (Å²) in [4.78, 5) is 38.9. The van der Waals surface area contributed by atoms with E-state index < -0.39 is 5.41 Å². The Bertz CT molecular complexity index is 956. The number of rotatable bonds is 6. The predicted molar refractivity (Wildman–Crippen MR) is 129 cm³/mol. The molecule has 2 aromatic rings. The molecule has 176 valence electrons. The van der Waals surface area contributed by atoms with Crippen molar-refractivity contribution in [1.82, 2.24) is 19.8 Å². The van der Waals surface area contributed by atoms with Crippen LogP contribution in [-0.4, -0.2) is 58.8 Å². The minimum atomic E-state index is -0.615. The third-order valence-corrected chi connectivity index (χ3v) is 7.40. The number of carbonyl (C=O) groups excluding carboxylic acids is 2. The number of likely N-dealkylation sites (tertiary alicyclic amines) is 1. The lowest BCUT2D eigenvalue weighted by atomic mass is 9.72. The van der Waals surface area contributed by atoms with Gasteiger partial charge in [-0.1, -0.05) is 43.5 Å². The second kappa shape index (κ2) is 10.4. The standard InChI is InChI=1S/C27H36N4O2/c1-30(2)26(33)27(16-22-11-6-7-12-24(22)23-17-28-20-29-18-23)13-8-14-31(19-27)25(32)15-21-9-4-3-5-10-21/h6-7,11-12,17-18,20-21H,3-5,8-10,13-16,19H2,1-2H3. The van der Waals surface area contributed by atoms with Gasteiger partial charge in [-0.2, -0.15) is 0 Å². The van der Waals surface area contributed by atoms with Gasteiger partial charge in [0, 0.05) is 51.6 Å². The maximum absolute atomic E-state index is 13.6. The van der Waals surface area contributed by atoms with Gasteiger partial charge in [0.1, 0.15) is 6.33 Å². The molecule has 0 bridgehead atoms. The van der Waals surface area contributed by atoms with Crippen LogP contribution in [0, 0.1) is 11.3 Å². The Morgan fingerprint density at radius 1 is 1.06 bits per heavy atom. The van der Waals surface area contributed by atoms with Crippen molar-refractivity contribution in [2.24, 2.45) is 11.3 Å². The summed E-state index contributed by atoms with van der Waals surface area (Å²) in [6.07, 6.45) is 14.1. The Balaban J connectivity index is 1.60. The van der Waals surface area contributed by atoms with E-state index in [1.807, 2.05) is 43.5 Å². The number of amides is 2. The Hall–Kier alpha value is -2.76. The first-order valence-corrected chi connectivity index (χ1v) is 12.3. The van der Waals surface area contributed by atoms with E-state index in [0.29, 0.717) is 25.3 Å². The highest BCUT2D eigenvalue weighted by Gasteiger charge is 2.44. The average molecular weight is 449 g/mol. The summed E-state index contributed by atoms with van der Waals surface area (Å²) in [6, 6.07) is 8.19. The lowest BCUT2D eigenvalue weighted by Gasteiger charge is -2.43. The molecule has 1 aliphatic carbocycles. The molecule has 0 N–H and O–H groups in total. The summed E-state index contributed by atoms with van der Waals surface area (Å²) in [7, 11) is 3.65. The number of aromatic nitrogens is 2. The van der Waals surface area contributed by atoms with Gasteiger partial charge >= 0.3 is 0 Å². The van der Waals surface area contributed by atoms with E-state index >= 15 is 0 Å². The Morgan fingerprint density at radius 3 is 2.52 bits per heavy atom. The summed E-state index contributed by atoms with van der Waals surface area (Å²) in [5.74, 6) is 0.838. The van der Waals surface area contributed by atoms with Crippen LogP contribution in [0.3, 0.4) is 0 Å². The molecule has 1 saturated carbocycles. The molecule has 33 heavy (non-hydrogen) atoms. The van der Waals surface area contributed by atoms with Gasteiger partial charge in [-0.25, -0.2) is 9.97 Å². The molecule has 1 saturated heterocycles. The Labute approximate surface area is 197 Å². The molecule has 6 nitrogen and oxygen atoms in total. The van der Waals surface area contributed by atoms with Crippen LogP contribution < -0.4 is 0 Å². The summed E-state index contributed by atoms with van der Waals surface area (Å²) in [5.41, 5.74) is 2.48. The number of piperidine rings is 1. The van der Waals surface area contributed by atoms with Crippen molar-refractivity contribution in [1.29, 1.82) is 0 Å². The molecule has 1 aromatic carbocycles. The van der Waals surface area contributed by atoms with Gasteiger partial charge in [0.15, 0.2) is 0 Å². The van der Waals surface area contributed by atoms with Crippen LogP contribution in [0.4, 0.5) is 0 Å². The van der Waals surface area contributed by atoms with E-state index in [9.17, 15) is 9.59 Å². The van der Waals surface area contributed by atoms with E-state index in [0.717, 1.165) is 48.9 Å². The third kappa shape index (κ3) is 5.43. The van der Waals surface area contributed by atoms with Gasteiger partial charge < -0.3 is 9.80 Å². The fourth-order valence-electron chi connectivity index (χ4n) is 5.74. The SMILES string of the molecule is CN(C)C(=O)C1(Cc2ccccc2-c2cncnc2)CCCN(C(=O)CC2CCCCC2)C1. The van der Waals surface area contributed by atoms with E-state index in [-0.39, 0.29) is 11.8 Å². The summed E-state index contributed by atoms with van der Waals surface area (Å²) < 4.78 is 0. The Morgan fingerprint density at radius 2 is 1.79 bits per heavy atom. The van der Waals surface area contributed by atoms with Crippen LogP contribution in [0.2, 0.25) is 0 Å². The zero-order chi connectivity index (χ0) is 23.3. The molecule has 2 fully saturated rings. The molecule has 2 heterocycles. The third-order valence-electron chi connectivity index (χ3n) is 7.40. The van der Waals surface area contributed by atoms with Gasteiger partial charge in [-0.15, -0.1) is 0 Å². The molecule has 2 aliphatic rings. The molecule has 6 heteroatoms. The van der Waals surface area contributed by atoms with Crippen molar-refractivity contribution in [2.75, 3.05) is 27.2 Å². The molecule has 1 atom stereocenters. The van der Waals surface area contributed by atoms with Gasteiger partial charge in [0.2, 0.25) is 11.8 Å². The van der Waals surface area contributed by atoms with Crippen molar-refractivity contribution in [3.8, 4) is 11.1 Å².